The van der Waals surface area contributed by atoms with Gasteiger partial charge in [-0.3, -0.25) is 0 Å². The summed E-state index contributed by atoms with van der Waals surface area (Å²) in [6.07, 6.45) is 1.79. The van der Waals surface area contributed by atoms with E-state index in [9.17, 15) is 0 Å². The number of hydrogen-bond donors (Lipinski definition) is 1. The third kappa shape index (κ3) is 1.60. The van der Waals surface area contributed by atoms with Crippen LogP contribution in [-0.2, 0) is 0 Å². The van der Waals surface area contributed by atoms with Gasteiger partial charge in [0.25, 0.3) is 0 Å². The summed E-state index contributed by atoms with van der Waals surface area (Å²) in [5.74, 6) is 0. The molecule has 0 radical (unpaired) electrons. The first-order valence-corrected chi connectivity index (χ1v) is 6.10. The van der Waals surface area contributed by atoms with Crippen LogP contribution in [0.15, 0.2) is 67.3 Å². The molecule has 0 heterocycles. The van der Waals surface area contributed by atoms with Crippen molar-refractivity contribution in [2.45, 2.75) is 6.04 Å². The van der Waals surface area contributed by atoms with Crippen LogP contribution in [0.1, 0.15) is 11.6 Å². The van der Waals surface area contributed by atoms with E-state index in [-0.39, 0.29) is 6.04 Å². The first-order chi connectivity index (χ1) is 8.81. The van der Waals surface area contributed by atoms with Gasteiger partial charge in [0, 0.05) is 6.04 Å². The van der Waals surface area contributed by atoms with Crippen molar-refractivity contribution in [1.29, 1.82) is 0 Å². The molecule has 1 atom stereocenters. The number of hydrogen-bond acceptors (Lipinski definition) is 1. The highest BCUT2D eigenvalue weighted by molar-refractivity contribution is 6.09. The lowest BCUT2D eigenvalue weighted by Gasteiger charge is -2.13. The van der Waals surface area contributed by atoms with Gasteiger partial charge < -0.3 is 5.73 Å². The minimum absolute atomic E-state index is 0.125. The number of fused-ring (bicyclic) bond motifs is 3. The van der Waals surface area contributed by atoms with Crippen molar-refractivity contribution in [3.05, 3.63) is 72.8 Å². The van der Waals surface area contributed by atoms with Gasteiger partial charge in [0.15, 0.2) is 0 Å². The normalized spacial score (nSPS) is 12.7. The molecule has 0 saturated carbocycles. The van der Waals surface area contributed by atoms with Crippen LogP contribution in [0.4, 0.5) is 0 Å². The molecule has 0 spiro atoms. The first kappa shape index (κ1) is 11.0. The molecule has 2 N–H and O–H groups in total. The van der Waals surface area contributed by atoms with Crippen molar-refractivity contribution >= 4 is 21.5 Å². The van der Waals surface area contributed by atoms with E-state index < -0.39 is 0 Å². The van der Waals surface area contributed by atoms with Gasteiger partial charge in [-0.1, -0.05) is 54.6 Å². The fraction of sp³-hybridized carbons (Fsp3) is 0.0588. The average molecular weight is 233 g/mol. The quantitative estimate of drug-likeness (QED) is 0.521. The van der Waals surface area contributed by atoms with Crippen LogP contribution in [0.25, 0.3) is 21.5 Å². The Hall–Kier alpha value is -2.12. The minimum Gasteiger partial charge on any atom is -0.321 e. The van der Waals surface area contributed by atoms with Gasteiger partial charge in [0.05, 0.1) is 0 Å². The second kappa shape index (κ2) is 4.28. The summed E-state index contributed by atoms with van der Waals surface area (Å²) in [6, 6.07) is 18.8. The number of rotatable bonds is 2. The molecule has 0 aliphatic carbocycles. The third-order valence-electron chi connectivity index (χ3n) is 3.41. The molecule has 0 amide bonds. The molecule has 18 heavy (non-hydrogen) atoms. The molecular weight excluding hydrogens is 218 g/mol. The molecular formula is C17H15N. The predicted octanol–water partition coefficient (Wildman–Crippen LogP) is 4.18. The number of benzene rings is 3. The summed E-state index contributed by atoms with van der Waals surface area (Å²) < 4.78 is 0. The van der Waals surface area contributed by atoms with Crippen LogP contribution < -0.4 is 5.73 Å². The van der Waals surface area contributed by atoms with Crippen LogP contribution in [0.5, 0.6) is 0 Å². The molecule has 0 aliphatic heterocycles. The maximum atomic E-state index is 6.13. The molecule has 88 valence electrons. The Morgan fingerprint density at radius 1 is 0.889 bits per heavy atom. The Bertz CT molecular complexity index is 728. The SMILES string of the molecule is C=C[C@H](N)c1cc2ccccc2c2ccccc12. The van der Waals surface area contributed by atoms with Gasteiger partial charge in [-0.15, -0.1) is 6.58 Å². The molecule has 3 aromatic rings. The van der Waals surface area contributed by atoms with E-state index in [4.69, 9.17) is 5.73 Å². The zero-order chi connectivity index (χ0) is 12.5. The van der Waals surface area contributed by atoms with Crippen LogP contribution in [0, 0.1) is 0 Å². The standard InChI is InChI=1S/C17H15N/c1-2-17(18)16-11-12-7-3-4-8-13(12)14-9-5-6-10-15(14)16/h2-11,17H,1,18H2/t17-/m0/s1. The lowest BCUT2D eigenvalue weighted by Crippen LogP contribution is -2.07. The maximum Gasteiger partial charge on any atom is 0.0484 e. The molecule has 0 saturated heterocycles. The van der Waals surface area contributed by atoms with Gasteiger partial charge in [0.2, 0.25) is 0 Å². The van der Waals surface area contributed by atoms with Crippen LogP contribution in [-0.4, -0.2) is 0 Å². The lowest BCUT2D eigenvalue weighted by atomic mass is 9.94. The Kier molecular flexibility index (Phi) is 2.62. The van der Waals surface area contributed by atoms with Crippen LogP contribution in [0.2, 0.25) is 0 Å². The molecule has 3 aromatic carbocycles. The van der Waals surface area contributed by atoms with Gasteiger partial charge in [-0.05, 0) is 33.2 Å². The Morgan fingerprint density at radius 2 is 1.50 bits per heavy atom. The van der Waals surface area contributed by atoms with Crippen molar-refractivity contribution in [3.8, 4) is 0 Å². The molecule has 1 heteroatoms. The third-order valence-corrected chi connectivity index (χ3v) is 3.41. The van der Waals surface area contributed by atoms with E-state index in [2.05, 4.69) is 61.2 Å². The van der Waals surface area contributed by atoms with E-state index in [1.165, 1.54) is 21.5 Å². The number of nitrogens with two attached hydrogens (primary N) is 1. The highest BCUT2D eigenvalue weighted by Crippen LogP contribution is 2.31. The van der Waals surface area contributed by atoms with Crippen molar-refractivity contribution in [2.75, 3.05) is 0 Å². The van der Waals surface area contributed by atoms with E-state index >= 15 is 0 Å². The first-order valence-electron chi connectivity index (χ1n) is 6.10. The average Bonchev–Trinajstić information content (AvgIpc) is 2.45. The highest BCUT2D eigenvalue weighted by Gasteiger charge is 2.09. The smallest absolute Gasteiger partial charge is 0.0484 e. The Labute approximate surface area is 107 Å². The van der Waals surface area contributed by atoms with E-state index in [0.29, 0.717) is 0 Å². The predicted molar refractivity (Wildman–Crippen MR) is 78.6 cm³/mol. The summed E-state index contributed by atoms with van der Waals surface area (Å²) in [5, 5.41) is 4.96. The molecule has 0 aliphatic rings. The minimum atomic E-state index is -0.125. The molecule has 0 bridgehead atoms. The van der Waals surface area contributed by atoms with Gasteiger partial charge >= 0.3 is 0 Å². The monoisotopic (exact) mass is 233 g/mol. The summed E-state index contributed by atoms with van der Waals surface area (Å²) in [6.45, 7) is 3.80. The molecule has 0 fully saturated rings. The molecule has 3 rings (SSSR count). The van der Waals surface area contributed by atoms with Crippen molar-refractivity contribution in [1.82, 2.24) is 0 Å². The summed E-state index contributed by atoms with van der Waals surface area (Å²) in [4.78, 5) is 0. The molecule has 1 nitrogen and oxygen atoms in total. The fourth-order valence-electron chi connectivity index (χ4n) is 2.49. The molecule has 0 unspecified atom stereocenters. The zero-order valence-corrected chi connectivity index (χ0v) is 10.1. The maximum absolute atomic E-state index is 6.13. The van der Waals surface area contributed by atoms with E-state index in [0.717, 1.165) is 5.56 Å². The van der Waals surface area contributed by atoms with Crippen molar-refractivity contribution < 1.29 is 0 Å². The largest absolute Gasteiger partial charge is 0.321 e. The zero-order valence-electron chi connectivity index (χ0n) is 10.1. The summed E-state index contributed by atoms with van der Waals surface area (Å²) in [7, 11) is 0. The van der Waals surface area contributed by atoms with Gasteiger partial charge in [-0.25, -0.2) is 0 Å². The topological polar surface area (TPSA) is 26.0 Å². The van der Waals surface area contributed by atoms with Crippen molar-refractivity contribution in [2.24, 2.45) is 5.73 Å². The highest BCUT2D eigenvalue weighted by atomic mass is 14.6. The Morgan fingerprint density at radius 3 is 2.22 bits per heavy atom. The summed E-state index contributed by atoms with van der Waals surface area (Å²) >= 11 is 0. The van der Waals surface area contributed by atoms with Crippen molar-refractivity contribution in [3.63, 3.8) is 0 Å². The summed E-state index contributed by atoms with van der Waals surface area (Å²) in [5.41, 5.74) is 7.27. The second-order valence-electron chi connectivity index (χ2n) is 4.49. The van der Waals surface area contributed by atoms with Gasteiger partial charge in [-0.2, -0.15) is 0 Å². The lowest BCUT2D eigenvalue weighted by molar-refractivity contribution is 0.927. The Balaban J connectivity index is 2.50. The second-order valence-corrected chi connectivity index (χ2v) is 4.49. The van der Waals surface area contributed by atoms with Crippen LogP contribution >= 0.6 is 0 Å². The van der Waals surface area contributed by atoms with Crippen LogP contribution in [0.3, 0.4) is 0 Å². The van der Waals surface area contributed by atoms with E-state index in [1.807, 2.05) is 0 Å². The fourth-order valence-corrected chi connectivity index (χ4v) is 2.49. The van der Waals surface area contributed by atoms with Gasteiger partial charge in [0.1, 0.15) is 0 Å². The molecule has 0 aromatic heterocycles. The van der Waals surface area contributed by atoms with E-state index in [1.54, 1.807) is 6.08 Å².